The van der Waals surface area contributed by atoms with Crippen molar-refractivity contribution in [2.45, 2.75) is 0 Å². The second-order valence-corrected chi connectivity index (χ2v) is 16.6. The maximum atomic E-state index is 5.29. The van der Waals surface area contributed by atoms with Crippen LogP contribution in [0.25, 0.3) is 113 Å². The lowest BCUT2D eigenvalue weighted by atomic mass is 9.99. The van der Waals surface area contributed by atoms with Crippen LogP contribution in [0, 0.1) is 0 Å². The molecule has 0 spiro atoms. The monoisotopic (exact) mass is 761 g/mol. The van der Waals surface area contributed by atoms with Gasteiger partial charge in [0.15, 0.2) is 5.82 Å². The van der Waals surface area contributed by atoms with E-state index < -0.39 is 0 Å². The molecular formula is C52H31N3S2. The molecule has 266 valence electrons. The van der Waals surface area contributed by atoms with Crippen molar-refractivity contribution in [3.05, 3.63) is 188 Å². The Labute approximate surface area is 336 Å². The van der Waals surface area contributed by atoms with Crippen LogP contribution in [0.15, 0.2) is 188 Å². The Morgan fingerprint density at radius 2 is 0.930 bits per heavy atom. The molecule has 0 aliphatic carbocycles. The average Bonchev–Trinajstić information content (AvgIpc) is 3.96. The molecule has 0 radical (unpaired) electrons. The van der Waals surface area contributed by atoms with Crippen molar-refractivity contribution in [1.29, 1.82) is 0 Å². The van der Waals surface area contributed by atoms with Crippen molar-refractivity contribution >= 4 is 84.8 Å². The van der Waals surface area contributed by atoms with Gasteiger partial charge in [-0.2, -0.15) is 0 Å². The van der Waals surface area contributed by atoms with E-state index in [1.54, 1.807) is 0 Å². The summed E-state index contributed by atoms with van der Waals surface area (Å²) in [6.45, 7) is 0. The fourth-order valence-electron chi connectivity index (χ4n) is 8.67. The van der Waals surface area contributed by atoms with E-state index >= 15 is 0 Å². The topological polar surface area (TPSA) is 30.7 Å². The van der Waals surface area contributed by atoms with Gasteiger partial charge in [-0.05, 0) is 42.5 Å². The summed E-state index contributed by atoms with van der Waals surface area (Å²) in [6, 6.07) is 67.6. The minimum atomic E-state index is 0.711. The van der Waals surface area contributed by atoms with E-state index in [0.717, 1.165) is 44.8 Å². The lowest BCUT2D eigenvalue weighted by molar-refractivity contribution is 1.18. The molecule has 0 amide bonds. The van der Waals surface area contributed by atoms with Gasteiger partial charge in [-0.15, -0.1) is 22.7 Å². The molecule has 4 heterocycles. The standard InChI is InChI=1S/C52H31N3S2/c1-3-15-32(16-4-1)43-31-44(54-52(53-43)33-17-5-2-6-18-33)39-24-14-26-46-49(39)40-21-7-10-25-45(40)55(46)34-29-41-36-20-9-12-28-48(36)57-51(41)42(30-34)38-23-13-22-37-35-19-8-11-27-47(35)56-50(37)38/h1-31H. The fourth-order valence-corrected chi connectivity index (χ4v) is 11.1. The Balaban J connectivity index is 1.15. The first-order valence-corrected chi connectivity index (χ1v) is 20.8. The van der Waals surface area contributed by atoms with Crippen LogP contribution in [0.2, 0.25) is 0 Å². The minimum absolute atomic E-state index is 0.711. The summed E-state index contributed by atoms with van der Waals surface area (Å²) in [5.41, 5.74) is 10.9. The highest BCUT2D eigenvalue weighted by Gasteiger charge is 2.22. The number of para-hydroxylation sites is 1. The fraction of sp³-hybridized carbons (Fsp3) is 0. The van der Waals surface area contributed by atoms with Gasteiger partial charge in [0, 0.05) is 84.6 Å². The SMILES string of the molecule is c1ccc(-c2cc(-c3cccc4c3c3ccccc3n4-c3cc(-c4cccc5c4sc4ccccc45)c4sc5ccccc5c4c3)nc(-c3ccccc3)n2)cc1. The van der Waals surface area contributed by atoms with Gasteiger partial charge in [0.2, 0.25) is 0 Å². The number of nitrogens with zero attached hydrogens (tertiary/aromatic N) is 3. The van der Waals surface area contributed by atoms with E-state index in [-0.39, 0.29) is 0 Å². The Kier molecular flexibility index (Phi) is 7.27. The lowest BCUT2D eigenvalue weighted by Crippen LogP contribution is -1.97. The Hall–Kier alpha value is -6.92. The first kappa shape index (κ1) is 32.3. The predicted molar refractivity (Wildman–Crippen MR) is 244 cm³/mol. The summed E-state index contributed by atoms with van der Waals surface area (Å²) in [4.78, 5) is 10.4. The second-order valence-electron chi connectivity index (χ2n) is 14.5. The zero-order valence-corrected chi connectivity index (χ0v) is 32.2. The van der Waals surface area contributed by atoms with Crippen LogP contribution in [-0.2, 0) is 0 Å². The van der Waals surface area contributed by atoms with Crippen molar-refractivity contribution in [3.8, 4) is 50.7 Å². The lowest BCUT2D eigenvalue weighted by Gasteiger charge is -2.13. The number of aromatic nitrogens is 3. The normalized spacial score (nSPS) is 11.9. The summed E-state index contributed by atoms with van der Waals surface area (Å²) in [5, 5.41) is 7.55. The molecule has 4 aromatic heterocycles. The van der Waals surface area contributed by atoms with Gasteiger partial charge in [-0.3, -0.25) is 0 Å². The van der Waals surface area contributed by atoms with Crippen LogP contribution in [0.4, 0.5) is 0 Å². The Morgan fingerprint density at radius 1 is 0.368 bits per heavy atom. The quantitative estimate of drug-likeness (QED) is 0.175. The van der Waals surface area contributed by atoms with Gasteiger partial charge in [-0.1, -0.05) is 146 Å². The number of fused-ring (bicyclic) bond motifs is 9. The second kappa shape index (κ2) is 12.8. The summed E-state index contributed by atoms with van der Waals surface area (Å²) in [7, 11) is 0. The molecular weight excluding hydrogens is 731 g/mol. The van der Waals surface area contributed by atoms with Gasteiger partial charge in [0.25, 0.3) is 0 Å². The molecule has 0 atom stereocenters. The first-order valence-electron chi connectivity index (χ1n) is 19.2. The third kappa shape index (κ3) is 5.10. The highest BCUT2D eigenvalue weighted by molar-refractivity contribution is 7.27. The van der Waals surface area contributed by atoms with E-state index in [1.165, 1.54) is 62.2 Å². The molecule has 12 aromatic rings. The molecule has 12 rings (SSSR count). The highest BCUT2D eigenvalue weighted by Crippen LogP contribution is 2.47. The molecule has 5 heteroatoms. The highest BCUT2D eigenvalue weighted by atomic mass is 32.1. The summed E-state index contributed by atoms with van der Waals surface area (Å²) in [5.74, 6) is 0.711. The van der Waals surface area contributed by atoms with E-state index in [2.05, 4.69) is 168 Å². The zero-order valence-electron chi connectivity index (χ0n) is 30.6. The maximum Gasteiger partial charge on any atom is 0.160 e. The van der Waals surface area contributed by atoms with Gasteiger partial charge in [0.05, 0.1) is 22.4 Å². The molecule has 0 saturated heterocycles. The van der Waals surface area contributed by atoms with Crippen molar-refractivity contribution < 1.29 is 0 Å². The molecule has 0 N–H and O–H groups in total. The summed E-state index contributed by atoms with van der Waals surface area (Å²) in [6.07, 6.45) is 0. The minimum Gasteiger partial charge on any atom is -0.309 e. The summed E-state index contributed by atoms with van der Waals surface area (Å²) < 4.78 is 7.72. The van der Waals surface area contributed by atoms with Gasteiger partial charge in [0.1, 0.15) is 0 Å². The molecule has 0 saturated carbocycles. The van der Waals surface area contributed by atoms with Crippen LogP contribution >= 0.6 is 22.7 Å². The summed E-state index contributed by atoms with van der Waals surface area (Å²) >= 11 is 3.78. The molecule has 0 unspecified atom stereocenters. The largest absolute Gasteiger partial charge is 0.309 e. The van der Waals surface area contributed by atoms with Crippen LogP contribution in [0.5, 0.6) is 0 Å². The molecule has 0 fully saturated rings. The number of benzene rings is 8. The maximum absolute atomic E-state index is 5.29. The van der Waals surface area contributed by atoms with E-state index in [9.17, 15) is 0 Å². The van der Waals surface area contributed by atoms with E-state index in [0.29, 0.717) is 5.82 Å². The van der Waals surface area contributed by atoms with Crippen LogP contribution < -0.4 is 0 Å². The van der Waals surface area contributed by atoms with E-state index in [1.807, 2.05) is 46.9 Å². The van der Waals surface area contributed by atoms with Gasteiger partial charge < -0.3 is 4.57 Å². The van der Waals surface area contributed by atoms with E-state index in [4.69, 9.17) is 9.97 Å². The Morgan fingerprint density at radius 3 is 1.70 bits per heavy atom. The molecule has 57 heavy (non-hydrogen) atoms. The van der Waals surface area contributed by atoms with Crippen molar-refractivity contribution in [1.82, 2.24) is 14.5 Å². The van der Waals surface area contributed by atoms with Crippen molar-refractivity contribution in [2.24, 2.45) is 0 Å². The zero-order chi connectivity index (χ0) is 37.5. The number of hydrogen-bond acceptors (Lipinski definition) is 4. The van der Waals surface area contributed by atoms with Crippen molar-refractivity contribution in [2.75, 3.05) is 0 Å². The molecule has 3 nitrogen and oxygen atoms in total. The number of hydrogen-bond donors (Lipinski definition) is 0. The molecule has 8 aromatic carbocycles. The smallest absolute Gasteiger partial charge is 0.160 e. The van der Waals surface area contributed by atoms with Crippen LogP contribution in [-0.4, -0.2) is 14.5 Å². The van der Waals surface area contributed by atoms with Crippen LogP contribution in [0.1, 0.15) is 0 Å². The molecule has 0 bridgehead atoms. The number of rotatable bonds is 5. The first-order chi connectivity index (χ1) is 28.3. The third-order valence-corrected chi connectivity index (χ3v) is 13.7. The molecule has 0 aliphatic rings. The van der Waals surface area contributed by atoms with Gasteiger partial charge >= 0.3 is 0 Å². The van der Waals surface area contributed by atoms with Crippen molar-refractivity contribution in [3.63, 3.8) is 0 Å². The Bertz CT molecular complexity index is 3460. The van der Waals surface area contributed by atoms with Gasteiger partial charge in [-0.25, -0.2) is 9.97 Å². The third-order valence-electron chi connectivity index (χ3n) is 11.2. The van der Waals surface area contributed by atoms with Crippen LogP contribution in [0.3, 0.4) is 0 Å². The number of thiophene rings is 2. The predicted octanol–water partition coefficient (Wildman–Crippen LogP) is 15.0. The molecule has 0 aliphatic heterocycles. The average molecular weight is 762 g/mol.